The summed E-state index contributed by atoms with van der Waals surface area (Å²) in [5.74, 6) is 0.336. The van der Waals surface area contributed by atoms with E-state index in [-0.39, 0.29) is 24.3 Å². The van der Waals surface area contributed by atoms with Crippen LogP contribution in [0.5, 0.6) is 0 Å². The smallest absolute Gasteiger partial charge is 0.466 e. The molecule has 1 heterocycles. The van der Waals surface area contributed by atoms with Crippen molar-refractivity contribution in [3.8, 4) is 0 Å². The van der Waals surface area contributed by atoms with Gasteiger partial charge in [-0.15, -0.1) is 5.10 Å². The van der Waals surface area contributed by atoms with Gasteiger partial charge in [0.25, 0.3) is 5.91 Å². The van der Waals surface area contributed by atoms with Crippen LogP contribution in [-0.4, -0.2) is 45.7 Å². The Morgan fingerprint density at radius 3 is 2.24 bits per heavy atom. The molecule has 10 heteroatoms. The van der Waals surface area contributed by atoms with Gasteiger partial charge in [0, 0.05) is 6.54 Å². The van der Waals surface area contributed by atoms with Gasteiger partial charge in [-0.3, -0.25) is 9.59 Å². The minimum absolute atomic E-state index is 0.0702. The van der Waals surface area contributed by atoms with E-state index in [0.717, 1.165) is 42.4 Å². The van der Waals surface area contributed by atoms with E-state index in [0.29, 0.717) is 35.5 Å². The van der Waals surface area contributed by atoms with Gasteiger partial charge in [0.15, 0.2) is 6.61 Å². The molecule has 1 unspecified atom stereocenters. The van der Waals surface area contributed by atoms with Crippen molar-refractivity contribution in [2.75, 3.05) is 6.61 Å². The molecule has 214 valence electrons. The van der Waals surface area contributed by atoms with E-state index in [1.807, 2.05) is 72.8 Å². The molecule has 2 aliphatic rings. The summed E-state index contributed by atoms with van der Waals surface area (Å²) in [4.78, 5) is 34.4. The second-order valence-electron chi connectivity index (χ2n) is 9.87. The number of nitrogens with zero attached hydrogens (tertiary/aromatic N) is 2. The lowest BCUT2D eigenvalue weighted by Crippen LogP contribution is -2.36. The van der Waals surface area contributed by atoms with Gasteiger partial charge in [0.1, 0.15) is 0 Å². The summed E-state index contributed by atoms with van der Waals surface area (Å²) < 4.78 is 5.54. The highest BCUT2D eigenvalue weighted by Gasteiger charge is 2.32. The summed E-state index contributed by atoms with van der Waals surface area (Å²) >= 11 is 6.29. The van der Waals surface area contributed by atoms with E-state index in [1.165, 1.54) is 5.01 Å². The highest BCUT2D eigenvalue weighted by atomic mass is 35.5. The number of hydrogen-bond acceptors (Lipinski definition) is 5. The highest BCUT2D eigenvalue weighted by Crippen LogP contribution is 2.37. The van der Waals surface area contributed by atoms with Crippen molar-refractivity contribution in [2.45, 2.75) is 44.7 Å². The van der Waals surface area contributed by atoms with Crippen LogP contribution < -0.4 is 5.32 Å². The second kappa shape index (κ2) is 14.3. The normalized spacial score (nSPS) is 15.7. The Balaban J connectivity index is 0.000000909. The molecular formula is C31H32ClN3O6. The fourth-order valence-electron chi connectivity index (χ4n) is 5.12. The maximum atomic E-state index is 13.3. The monoisotopic (exact) mass is 577 g/mol. The van der Waals surface area contributed by atoms with Crippen molar-refractivity contribution >= 4 is 35.5 Å². The van der Waals surface area contributed by atoms with Crippen molar-refractivity contribution in [1.82, 2.24) is 10.3 Å². The zero-order valence-corrected chi connectivity index (χ0v) is 23.2. The Morgan fingerprint density at radius 2 is 1.59 bits per heavy atom. The number of halogens is 1. The molecule has 0 saturated heterocycles. The molecular weight excluding hydrogens is 546 g/mol. The largest absolute Gasteiger partial charge is 0.503 e. The summed E-state index contributed by atoms with van der Waals surface area (Å²) in [6.45, 7) is 0.740. The molecule has 0 bridgehead atoms. The molecule has 5 rings (SSSR count). The van der Waals surface area contributed by atoms with E-state index in [1.54, 1.807) is 6.07 Å². The SMILES string of the molecule is O=C(NCc1ccccc1)C(c1ccc(CN2N=C(c3ccccc3Cl)OCC2=O)cc1)C1CCCC1.O=C(O)O. The predicted octanol–water partition coefficient (Wildman–Crippen LogP) is 5.87. The van der Waals surface area contributed by atoms with Crippen molar-refractivity contribution in [1.29, 1.82) is 0 Å². The molecule has 0 radical (unpaired) electrons. The third-order valence-electron chi connectivity index (χ3n) is 7.07. The number of hydrazone groups is 1. The van der Waals surface area contributed by atoms with Gasteiger partial charge in [0.2, 0.25) is 11.8 Å². The average molecular weight is 578 g/mol. The Morgan fingerprint density at radius 1 is 0.951 bits per heavy atom. The van der Waals surface area contributed by atoms with E-state index >= 15 is 0 Å². The van der Waals surface area contributed by atoms with E-state index in [2.05, 4.69) is 10.4 Å². The van der Waals surface area contributed by atoms with Crippen LogP contribution in [0.1, 0.15) is 53.9 Å². The number of carboxylic acid groups (broad SMARTS) is 2. The first-order valence-corrected chi connectivity index (χ1v) is 13.8. The highest BCUT2D eigenvalue weighted by molar-refractivity contribution is 6.33. The lowest BCUT2D eigenvalue weighted by Gasteiger charge is -2.25. The minimum atomic E-state index is -1.83. The van der Waals surface area contributed by atoms with E-state index < -0.39 is 6.16 Å². The van der Waals surface area contributed by atoms with Gasteiger partial charge in [-0.1, -0.05) is 91.2 Å². The summed E-state index contributed by atoms with van der Waals surface area (Å²) in [6, 6.07) is 25.2. The summed E-state index contributed by atoms with van der Waals surface area (Å²) in [7, 11) is 0. The molecule has 3 aromatic rings. The van der Waals surface area contributed by atoms with Crippen LogP contribution in [0.4, 0.5) is 4.79 Å². The van der Waals surface area contributed by atoms with E-state index in [4.69, 9.17) is 31.3 Å². The number of ether oxygens (including phenoxy) is 1. The van der Waals surface area contributed by atoms with Gasteiger partial charge in [-0.05, 0) is 47.6 Å². The third-order valence-corrected chi connectivity index (χ3v) is 7.40. The molecule has 1 aliphatic heterocycles. The lowest BCUT2D eigenvalue weighted by atomic mass is 9.83. The fraction of sp³-hybridized carbons (Fsp3) is 0.290. The Kier molecular flexibility index (Phi) is 10.3. The molecule has 3 N–H and O–H groups in total. The molecule has 1 aliphatic carbocycles. The lowest BCUT2D eigenvalue weighted by molar-refractivity contribution is -0.136. The predicted molar refractivity (Wildman–Crippen MR) is 155 cm³/mol. The molecule has 2 amide bonds. The average Bonchev–Trinajstić information content (AvgIpc) is 3.49. The zero-order chi connectivity index (χ0) is 29.2. The molecule has 9 nitrogen and oxygen atoms in total. The second-order valence-corrected chi connectivity index (χ2v) is 10.3. The van der Waals surface area contributed by atoms with Crippen LogP contribution in [-0.2, 0) is 27.4 Å². The molecule has 0 spiro atoms. The first kappa shape index (κ1) is 29.6. The molecule has 0 aromatic heterocycles. The molecule has 1 fully saturated rings. The molecule has 1 saturated carbocycles. The first-order chi connectivity index (χ1) is 19.8. The number of nitrogens with one attached hydrogen (secondary N) is 1. The van der Waals surface area contributed by atoms with Crippen molar-refractivity contribution in [2.24, 2.45) is 11.0 Å². The van der Waals surface area contributed by atoms with Crippen molar-refractivity contribution < 1.29 is 29.3 Å². The Bertz CT molecular complexity index is 1370. The number of carbonyl (C=O) groups is 3. The number of benzene rings is 3. The van der Waals surface area contributed by atoms with Crippen LogP contribution in [0.25, 0.3) is 0 Å². The van der Waals surface area contributed by atoms with Crippen molar-refractivity contribution in [3.63, 3.8) is 0 Å². The number of carbonyl (C=O) groups excluding carboxylic acids is 2. The maximum Gasteiger partial charge on any atom is 0.503 e. The van der Waals surface area contributed by atoms with Crippen molar-refractivity contribution in [3.05, 3.63) is 106 Å². The van der Waals surface area contributed by atoms with Gasteiger partial charge >= 0.3 is 6.16 Å². The van der Waals surface area contributed by atoms with Crippen LogP contribution >= 0.6 is 11.6 Å². The van der Waals surface area contributed by atoms with Gasteiger partial charge < -0.3 is 20.3 Å². The summed E-state index contributed by atoms with van der Waals surface area (Å²) in [6.07, 6.45) is 2.62. The number of rotatable bonds is 8. The van der Waals surface area contributed by atoms with Crippen LogP contribution in [0.3, 0.4) is 0 Å². The van der Waals surface area contributed by atoms with Gasteiger partial charge in [-0.25, -0.2) is 9.80 Å². The van der Waals surface area contributed by atoms with Crippen LogP contribution in [0.15, 0.2) is 84.0 Å². The third kappa shape index (κ3) is 8.31. The topological polar surface area (TPSA) is 129 Å². The Hall–Kier alpha value is -4.37. The number of hydrogen-bond donors (Lipinski definition) is 3. The number of amides is 2. The van der Waals surface area contributed by atoms with Gasteiger partial charge in [0.05, 0.1) is 23.0 Å². The first-order valence-electron chi connectivity index (χ1n) is 13.4. The summed E-state index contributed by atoms with van der Waals surface area (Å²) in [5.41, 5.74) is 3.67. The molecule has 1 atom stereocenters. The maximum absolute atomic E-state index is 13.3. The van der Waals surface area contributed by atoms with Gasteiger partial charge in [-0.2, -0.15) is 0 Å². The summed E-state index contributed by atoms with van der Waals surface area (Å²) in [5, 5.41) is 23.4. The Labute approximate surface area is 243 Å². The fourth-order valence-corrected chi connectivity index (χ4v) is 5.33. The van der Waals surface area contributed by atoms with Crippen LogP contribution in [0.2, 0.25) is 5.02 Å². The van der Waals surface area contributed by atoms with Crippen LogP contribution in [0, 0.1) is 5.92 Å². The van der Waals surface area contributed by atoms with E-state index in [9.17, 15) is 9.59 Å². The standard InChI is InChI=1S/C30H30ClN3O3.CH2O3/c31-26-13-7-6-12-25(26)30-33-34(27(35)20-37-30)19-22-14-16-24(17-15-22)28(23-10-4-5-11-23)29(36)32-18-21-8-2-1-3-9-21;2-1(3)4/h1-3,6-9,12-17,23,28H,4-5,10-11,18-20H2,(H,32,36);(H2,2,3,4). The molecule has 3 aromatic carbocycles. The molecule has 41 heavy (non-hydrogen) atoms. The zero-order valence-electron chi connectivity index (χ0n) is 22.4. The minimum Gasteiger partial charge on any atom is -0.466 e. The quantitative estimate of drug-likeness (QED) is 0.307.